The average Bonchev–Trinajstić information content (AvgIpc) is 1.66. The van der Waals surface area contributed by atoms with E-state index in [9.17, 15) is 54.7 Å². The largest absolute Gasteiger partial charge is 0.481 e. The zero-order valence-corrected chi connectivity index (χ0v) is 73.7. The molecule has 0 N–H and O–H groups in total. The Kier molecular flexibility index (Phi) is 25.0. The van der Waals surface area contributed by atoms with Crippen molar-refractivity contribution in [3.8, 4) is 61.5 Å². The molecule has 0 saturated carbocycles. The Labute approximate surface area is 779 Å². The highest BCUT2D eigenvalue weighted by Crippen LogP contribution is 2.38. The first kappa shape index (κ1) is 89.0. The molecule has 0 spiro atoms. The minimum absolute atomic E-state index is 0.102. The maximum Gasteiger partial charge on any atom is 0.256 e. The standard InChI is InChI=1S/2C23H15F2N3O.C22H17FN4O.C20H16FN3O2.C20H16FN3O/c24-19-10-14(15-4-1-7-21-16(15)5-2-8-26-21)11-20(25)18(19)12-28-13-22-17(23(28)29)6-3-9-27-22;24-19-10-16(14-5-6-21-15(9-14)3-1-7-26-21)11-20(25)18(19)12-28-13-22-17(23(28)29)4-2-8-27-22;1-26-12-18-16(4-2-6-20(18)25-26)14-7-8-15(19(23)10-14)11-27-13-21-17(22(27)28)5-3-9-24-21;1-26-19-15(4-2-9-23-19)13-6-7-14(17(21)10-13)11-24-12-18-16(20(24)25)5-3-8-22-18;1-13-7-16(10-22-9-13)14-4-5-15(18(21)8-14)11-24-12-19-17(20(24)25)3-2-6-23-19/h2*1-11H,12-13H2;2-10,12H,11,13H2,1H3;2-10H,11-12H2,1H3;2-10H,11-12H2,1H3. The maximum absolute atomic E-state index is 14.9. The van der Waals surface area contributed by atoms with Crippen LogP contribution in [0.25, 0.3) is 88.3 Å². The lowest BCUT2D eigenvalue weighted by Crippen LogP contribution is -2.24. The van der Waals surface area contributed by atoms with E-state index in [1.165, 1.54) is 59.4 Å². The molecule has 5 aliphatic rings. The molecule has 137 heavy (non-hydrogen) atoms. The van der Waals surface area contributed by atoms with Crippen molar-refractivity contribution >= 4 is 62.2 Å². The third-order valence-corrected chi connectivity index (χ3v) is 24.3. The Hall–Kier alpha value is -17.2. The van der Waals surface area contributed by atoms with Crippen LogP contribution in [0, 0.1) is 47.6 Å². The van der Waals surface area contributed by atoms with Gasteiger partial charge in [0.1, 0.15) is 40.7 Å². The summed E-state index contributed by atoms with van der Waals surface area (Å²) in [6.45, 7) is 4.01. The second-order valence-corrected chi connectivity index (χ2v) is 33.2. The first-order chi connectivity index (χ1) is 66.6. The monoisotopic (exact) mass is 1830 g/mol. The number of benzene rings is 8. The number of aryl methyl sites for hydroxylation is 2. The minimum Gasteiger partial charge on any atom is -0.481 e. The Morgan fingerprint density at radius 1 is 0.299 bits per heavy atom. The number of hydrogen-bond donors (Lipinski definition) is 0. The molecule has 8 aromatic carbocycles. The Morgan fingerprint density at radius 2 is 0.657 bits per heavy atom. The van der Waals surface area contributed by atoms with Crippen molar-refractivity contribution in [1.82, 2.24) is 79.1 Å². The summed E-state index contributed by atoms with van der Waals surface area (Å²) in [4.78, 5) is 108. The number of carbonyl (C=O) groups is 5. The predicted molar refractivity (Wildman–Crippen MR) is 500 cm³/mol. The molecule has 0 aliphatic carbocycles. The van der Waals surface area contributed by atoms with E-state index in [-0.39, 0.29) is 104 Å². The second kappa shape index (κ2) is 38.5. The Bertz CT molecular complexity index is 7780. The molecular formula is C108H79F7N16O6. The van der Waals surface area contributed by atoms with Crippen LogP contribution in [-0.4, -0.2) is 116 Å². The van der Waals surface area contributed by atoms with Crippen LogP contribution in [0.5, 0.6) is 5.88 Å². The summed E-state index contributed by atoms with van der Waals surface area (Å²) in [5.41, 5.74) is 17.9. The zero-order valence-electron chi connectivity index (χ0n) is 73.7. The zero-order chi connectivity index (χ0) is 94.6. The number of pyridine rings is 9. The molecule has 23 rings (SSSR count). The number of nitrogens with zero attached hydrogens (tertiary/aromatic N) is 16. The van der Waals surface area contributed by atoms with Gasteiger partial charge in [0.05, 0.1) is 126 Å². The summed E-state index contributed by atoms with van der Waals surface area (Å²) in [5, 5.41) is 7.10. The summed E-state index contributed by atoms with van der Waals surface area (Å²) in [7, 11) is 3.40. The van der Waals surface area contributed by atoms with Crippen molar-refractivity contribution in [1.29, 1.82) is 0 Å². The predicted octanol–water partition coefficient (Wildman–Crippen LogP) is 20.6. The molecule has 5 aliphatic heterocycles. The molecule has 676 valence electrons. The molecule has 0 unspecified atom stereocenters. The number of amides is 5. The summed E-state index contributed by atoms with van der Waals surface area (Å²) in [6, 6.07) is 67.3. The average molecular weight is 1830 g/mol. The van der Waals surface area contributed by atoms with Crippen LogP contribution in [0.15, 0.2) is 305 Å². The van der Waals surface area contributed by atoms with Crippen LogP contribution in [0.2, 0.25) is 0 Å². The molecule has 0 saturated heterocycles. The number of rotatable bonds is 16. The number of hydrogen-bond acceptors (Lipinski definition) is 16. The second-order valence-electron chi connectivity index (χ2n) is 33.2. The molecule has 0 bridgehead atoms. The fourth-order valence-electron chi connectivity index (χ4n) is 17.4. The normalized spacial score (nSPS) is 13.2. The fraction of sp³-hybridized carbons (Fsp3) is 0.120. The summed E-state index contributed by atoms with van der Waals surface area (Å²) >= 11 is 0. The topological polar surface area (TPSA) is 245 Å². The highest BCUT2D eigenvalue weighted by atomic mass is 19.2. The lowest BCUT2D eigenvalue weighted by Gasteiger charge is -2.17. The molecule has 0 fully saturated rings. The van der Waals surface area contributed by atoms with Crippen molar-refractivity contribution in [3.63, 3.8) is 0 Å². The maximum atomic E-state index is 14.9. The molecule has 0 atom stereocenters. The first-order valence-electron chi connectivity index (χ1n) is 43.6. The van der Waals surface area contributed by atoms with Crippen LogP contribution < -0.4 is 4.74 Å². The highest BCUT2D eigenvalue weighted by molar-refractivity contribution is 6.01. The highest BCUT2D eigenvalue weighted by Gasteiger charge is 2.35. The Balaban J connectivity index is 0.000000110. The number of halogens is 7. The van der Waals surface area contributed by atoms with E-state index >= 15 is 0 Å². The van der Waals surface area contributed by atoms with Gasteiger partial charge in [0.2, 0.25) is 5.88 Å². The lowest BCUT2D eigenvalue weighted by molar-refractivity contribution is 0.0755. The van der Waals surface area contributed by atoms with Gasteiger partial charge in [-0.1, -0.05) is 78.9 Å². The van der Waals surface area contributed by atoms with E-state index in [1.807, 2.05) is 117 Å². The first-order valence-corrected chi connectivity index (χ1v) is 43.6. The van der Waals surface area contributed by atoms with E-state index in [2.05, 4.69) is 50.0 Å². The quantitative estimate of drug-likeness (QED) is 0.0816. The molecule has 15 heterocycles. The number of ether oxygens (including phenoxy) is 1. The molecule has 29 heteroatoms. The van der Waals surface area contributed by atoms with Gasteiger partial charge in [-0.15, -0.1) is 0 Å². The van der Waals surface area contributed by atoms with Gasteiger partial charge in [-0.2, -0.15) is 5.10 Å². The fourth-order valence-corrected chi connectivity index (χ4v) is 17.4. The number of aromatic nitrogens is 11. The molecule has 18 aromatic rings. The van der Waals surface area contributed by atoms with E-state index in [4.69, 9.17) is 4.74 Å². The van der Waals surface area contributed by atoms with E-state index in [0.29, 0.717) is 115 Å². The molecule has 22 nitrogen and oxygen atoms in total. The molecular weight excluding hydrogens is 1750 g/mol. The van der Waals surface area contributed by atoms with Gasteiger partial charge in [0.15, 0.2) is 0 Å². The number of carbonyl (C=O) groups excluding carboxylic acids is 5. The number of methoxy groups -OCH3 is 1. The van der Waals surface area contributed by atoms with Gasteiger partial charge in [-0.05, 0) is 215 Å². The van der Waals surface area contributed by atoms with Crippen LogP contribution in [-0.2, 0) is 72.5 Å². The number of fused-ring (bicyclic) bond motifs is 8. The molecule has 5 amide bonds. The third-order valence-electron chi connectivity index (χ3n) is 24.3. The van der Waals surface area contributed by atoms with Crippen molar-refractivity contribution in [3.05, 3.63) is 435 Å². The molecule has 0 radical (unpaired) electrons. The van der Waals surface area contributed by atoms with E-state index < -0.39 is 23.3 Å². The van der Waals surface area contributed by atoms with Crippen LogP contribution in [0.4, 0.5) is 30.7 Å². The third kappa shape index (κ3) is 18.6. The lowest BCUT2D eigenvalue weighted by atomic mass is 9.98. The van der Waals surface area contributed by atoms with Gasteiger partial charge in [0.25, 0.3) is 29.5 Å². The van der Waals surface area contributed by atoms with Crippen molar-refractivity contribution in [2.75, 3.05) is 7.11 Å². The van der Waals surface area contributed by atoms with Gasteiger partial charge in [-0.25, -0.2) is 35.7 Å². The summed E-state index contributed by atoms with van der Waals surface area (Å²) in [6.07, 6.45) is 18.6. The van der Waals surface area contributed by atoms with Gasteiger partial charge in [-0.3, -0.25) is 68.5 Å². The smallest absolute Gasteiger partial charge is 0.256 e. The Morgan fingerprint density at radius 3 is 1.11 bits per heavy atom. The van der Waals surface area contributed by atoms with Crippen molar-refractivity contribution in [2.45, 2.75) is 72.4 Å². The minimum atomic E-state index is -0.683. The van der Waals surface area contributed by atoms with Crippen molar-refractivity contribution in [2.24, 2.45) is 7.05 Å². The summed E-state index contributed by atoms with van der Waals surface area (Å²) < 4.78 is 111. The SMILES string of the molecule is COc1ncccc1-c1ccc(CN2Cc3ncccc3C2=O)c(F)c1.Cc1cncc(-c2ccc(CN3Cc4ncccc4C3=O)c(F)c2)c1.Cn1cc2c(-c3ccc(CN4Cc5ncccc5C4=O)c(F)c3)cccc2n1.O=C1c2cccnc2CN1Cc1c(F)cc(-c2ccc3ncccc3c2)cc1F.O=C1c2cccnc2CN1Cc1c(F)cc(-c2cccc3ncccc23)cc1F. The molecule has 10 aromatic heterocycles. The van der Waals surface area contributed by atoms with Crippen LogP contribution in [0.1, 0.15) is 114 Å². The van der Waals surface area contributed by atoms with Gasteiger partial charge in [0, 0.05) is 150 Å². The van der Waals surface area contributed by atoms with Crippen LogP contribution >= 0.6 is 0 Å². The van der Waals surface area contributed by atoms with Crippen LogP contribution in [0.3, 0.4) is 0 Å². The van der Waals surface area contributed by atoms with Gasteiger partial charge < -0.3 is 29.2 Å². The van der Waals surface area contributed by atoms with E-state index in [0.717, 1.165) is 77.6 Å². The summed E-state index contributed by atoms with van der Waals surface area (Å²) in [5.74, 6) is -4.16. The van der Waals surface area contributed by atoms with Gasteiger partial charge >= 0.3 is 0 Å². The van der Waals surface area contributed by atoms with Crippen molar-refractivity contribution < 1.29 is 59.4 Å². The van der Waals surface area contributed by atoms with E-state index in [1.54, 1.807) is 178 Å².